The van der Waals surface area contributed by atoms with Gasteiger partial charge in [-0.05, 0) is 50.9 Å². The fourth-order valence-electron chi connectivity index (χ4n) is 4.18. The Hall–Kier alpha value is -1.88. The first kappa shape index (κ1) is 16.6. The Kier molecular flexibility index (Phi) is 5.02. The summed E-state index contributed by atoms with van der Waals surface area (Å²) in [6.07, 6.45) is 8.03. The van der Waals surface area contributed by atoms with Crippen LogP contribution in [0.3, 0.4) is 0 Å². The number of aromatic nitrogens is 1. The Morgan fingerprint density at radius 1 is 1.12 bits per heavy atom. The Morgan fingerprint density at radius 2 is 1.88 bits per heavy atom. The minimum atomic E-state index is 0.173. The summed E-state index contributed by atoms with van der Waals surface area (Å²) >= 11 is 0. The van der Waals surface area contributed by atoms with Crippen molar-refractivity contribution in [3.63, 3.8) is 0 Å². The highest BCUT2D eigenvalue weighted by molar-refractivity contribution is 5.79. The molecule has 0 atom stereocenters. The van der Waals surface area contributed by atoms with E-state index < -0.39 is 0 Å². The van der Waals surface area contributed by atoms with Crippen molar-refractivity contribution >= 4 is 16.9 Å². The van der Waals surface area contributed by atoms with Crippen LogP contribution >= 0.6 is 0 Å². The summed E-state index contributed by atoms with van der Waals surface area (Å²) in [6, 6.07) is 8.42. The molecule has 2 aliphatic rings. The molecule has 0 unspecified atom stereocenters. The molecule has 0 bridgehead atoms. The van der Waals surface area contributed by atoms with Gasteiger partial charge in [-0.1, -0.05) is 36.6 Å². The summed E-state index contributed by atoms with van der Waals surface area (Å²) in [5.74, 6) is 0.450. The molecule has 4 rings (SSSR count). The Bertz CT molecular complexity index is 713. The van der Waals surface area contributed by atoms with Crippen LogP contribution in [-0.2, 0) is 11.3 Å². The van der Waals surface area contributed by atoms with Crippen LogP contribution in [-0.4, -0.2) is 35.1 Å². The first-order valence-electron chi connectivity index (χ1n) is 9.65. The molecular formula is C20H27N3O2. The lowest BCUT2D eigenvalue weighted by Crippen LogP contribution is -2.44. The third-order valence-corrected chi connectivity index (χ3v) is 5.74. The standard InChI is InChI=1S/C20H27N3O2/c24-20(21-16-6-2-1-3-7-16)15-10-12-23(13-11-15)14-18-17-8-4-5-9-19(17)25-22-18/h4-5,8-9,15-16H,1-3,6-7,10-14H2,(H,21,24). The Labute approximate surface area is 148 Å². The smallest absolute Gasteiger partial charge is 0.223 e. The average Bonchev–Trinajstić information content (AvgIpc) is 3.06. The molecular weight excluding hydrogens is 314 g/mol. The molecule has 1 saturated heterocycles. The quantitative estimate of drug-likeness (QED) is 0.925. The number of likely N-dealkylation sites (tertiary alicyclic amines) is 1. The molecule has 1 aliphatic carbocycles. The van der Waals surface area contributed by atoms with Gasteiger partial charge in [-0.25, -0.2) is 0 Å². The van der Waals surface area contributed by atoms with Crippen LogP contribution in [0, 0.1) is 5.92 Å². The largest absolute Gasteiger partial charge is 0.356 e. The third kappa shape index (κ3) is 3.87. The fourth-order valence-corrected chi connectivity index (χ4v) is 4.18. The third-order valence-electron chi connectivity index (χ3n) is 5.74. The van der Waals surface area contributed by atoms with Crippen LogP contribution < -0.4 is 5.32 Å². The molecule has 2 heterocycles. The topological polar surface area (TPSA) is 58.4 Å². The number of piperidine rings is 1. The Morgan fingerprint density at radius 3 is 2.68 bits per heavy atom. The lowest BCUT2D eigenvalue weighted by molar-refractivity contribution is -0.127. The normalized spacial score (nSPS) is 20.8. The number of nitrogens with zero attached hydrogens (tertiary/aromatic N) is 2. The highest BCUT2D eigenvalue weighted by atomic mass is 16.5. The second kappa shape index (κ2) is 7.56. The van der Waals surface area contributed by atoms with Crippen LogP contribution in [0.25, 0.3) is 11.0 Å². The second-order valence-electron chi connectivity index (χ2n) is 7.52. The maximum Gasteiger partial charge on any atom is 0.223 e. The van der Waals surface area contributed by atoms with E-state index in [4.69, 9.17) is 4.52 Å². The number of hydrogen-bond donors (Lipinski definition) is 1. The van der Waals surface area contributed by atoms with E-state index in [0.717, 1.165) is 62.0 Å². The number of fused-ring (bicyclic) bond motifs is 1. The van der Waals surface area contributed by atoms with Crippen LogP contribution in [0.5, 0.6) is 0 Å². The SMILES string of the molecule is O=C(NC1CCCCC1)C1CCN(Cc2noc3ccccc23)CC1. The van der Waals surface area contributed by atoms with Gasteiger partial charge in [-0.15, -0.1) is 0 Å². The van der Waals surface area contributed by atoms with Gasteiger partial charge in [0.2, 0.25) is 5.91 Å². The average molecular weight is 341 g/mol. The van der Waals surface area contributed by atoms with E-state index in [1.807, 2.05) is 18.2 Å². The lowest BCUT2D eigenvalue weighted by atomic mass is 9.92. The second-order valence-corrected chi connectivity index (χ2v) is 7.52. The molecule has 1 amide bonds. The van der Waals surface area contributed by atoms with E-state index in [2.05, 4.69) is 21.4 Å². The highest BCUT2D eigenvalue weighted by Crippen LogP contribution is 2.24. The number of nitrogens with one attached hydrogen (secondary N) is 1. The van der Waals surface area contributed by atoms with Gasteiger partial charge in [0.15, 0.2) is 5.58 Å². The van der Waals surface area contributed by atoms with Crippen molar-refractivity contribution in [3.8, 4) is 0 Å². The number of amides is 1. The first-order valence-corrected chi connectivity index (χ1v) is 9.65. The van der Waals surface area contributed by atoms with Gasteiger partial charge < -0.3 is 9.84 Å². The van der Waals surface area contributed by atoms with Crippen molar-refractivity contribution in [3.05, 3.63) is 30.0 Å². The number of rotatable bonds is 4. The number of hydrogen-bond acceptors (Lipinski definition) is 4. The van der Waals surface area contributed by atoms with Crippen molar-refractivity contribution in [1.29, 1.82) is 0 Å². The predicted molar refractivity (Wildman–Crippen MR) is 97.0 cm³/mol. The molecule has 5 nitrogen and oxygen atoms in total. The number of para-hydroxylation sites is 1. The molecule has 25 heavy (non-hydrogen) atoms. The van der Waals surface area contributed by atoms with Gasteiger partial charge in [-0.2, -0.15) is 0 Å². The Balaban J connectivity index is 1.28. The summed E-state index contributed by atoms with van der Waals surface area (Å²) in [6.45, 7) is 2.70. The van der Waals surface area contributed by atoms with E-state index in [1.165, 1.54) is 19.3 Å². The molecule has 2 aromatic rings. The van der Waals surface area contributed by atoms with Crippen molar-refractivity contribution in [2.75, 3.05) is 13.1 Å². The number of benzene rings is 1. The molecule has 1 aromatic carbocycles. The van der Waals surface area contributed by atoms with Crippen LogP contribution in [0.1, 0.15) is 50.6 Å². The molecule has 5 heteroatoms. The van der Waals surface area contributed by atoms with Crippen LogP contribution in [0.2, 0.25) is 0 Å². The maximum atomic E-state index is 12.5. The summed E-state index contributed by atoms with van der Waals surface area (Å²) in [5.41, 5.74) is 1.85. The van der Waals surface area contributed by atoms with Gasteiger partial charge >= 0.3 is 0 Å². The van der Waals surface area contributed by atoms with Gasteiger partial charge in [0, 0.05) is 23.9 Å². The predicted octanol–water partition coefficient (Wildman–Crippen LogP) is 3.49. The molecule has 1 saturated carbocycles. The van der Waals surface area contributed by atoms with E-state index in [1.54, 1.807) is 0 Å². The first-order chi connectivity index (χ1) is 12.3. The summed E-state index contributed by atoms with van der Waals surface area (Å²) in [5, 5.41) is 8.61. The van der Waals surface area contributed by atoms with Crippen molar-refractivity contribution in [2.45, 2.75) is 57.5 Å². The lowest BCUT2D eigenvalue weighted by Gasteiger charge is -2.32. The van der Waals surface area contributed by atoms with E-state index in [-0.39, 0.29) is 11.8 Å². The molecule has 1 aliphatic heterocycles. The highest BCUT2D eigenvalue weighted by Gasteiger charge is 2.27. The minimum absolute atomic E-state index is 0.173. The minimum Gasteiger partial charge on any atom is -0.356 e. The molecule has 1 N–H and O–H groups in total. The molecule has 134 valence electrons. The summed E-state index contributed by atoms with van der Waals surface area (Å²) in [7, 11) is 0. The molecule has 2 fully saturated rings. The van der Waals surface area contributed by atoms with Gasteiger partial charge in [0.25, 0.3) is 0 Å². The van der Waals surface area contributed by atoms with E-state index in [9.17, 15) is 4.79 Å². The van der Waals surface area contributed by atoms with E-state index >= 15 is 0 Å². The molecule has 0 radical (unpaired) electrons. The van der Waals surface area contributed by atoms with Gasteiger partial charge in [0.1, 0.15) is 5.69 Å². The molecule has 0 spiro atoms. The number of carbonyl (C=O) groups excluding carboxylic acids is 1. The van der Waals surface area contributed by atoms with Gasteiger partial charge in [-0.3, -0.25) is 9.69 Å². The summed E-state index contributed by atoms with van der Waals surface area (Å²) in [4.78, 5) is 14.9. The zero-order valence-electron chi connectivity index (χ0n) is 14.7. The van der Waals surface area contributed by atoms with Crippen molar-refractivity contribution in [2.24, 2.45) is 5.92 Å². The monoisotopic (exact) mass is 341 g/mol. The maximum absolute atomic E-state index is 12.5. The van der Waals surface area contributed by atoms with Gasteiger partial charge in [0.05, 0.1) is 0 Å². The summed E-state index contributed by atoms with van der Waals surface area (Å²) < 4.78 is 5.39. The zero-order chi connectivity index (χ0) is 17.1. The molecule has 1 aromatic heterocycles. The van der Waals surface area contributed by atoms with Crippen molar-refractivity contribution < 1.29 is 9.32 Å². The van der Waals surface area contributed by atoms with Crippen molar-refractivity contribution in [1.82, 2.24) is 15.4 Å². The fraction of sp³-hybridized carbons (Fsp3) is 0.600. The van der Waals surface area contributed by atoms with Crippen LogP contribution in [0.4, 0.5) is 0 Å². The van der Waals surface area contributed by atoms with E-state index in [0.29, 0.717) is 6.04 Å². The number of carbonyl (C=O) groups is 1. The zero-order valence-corrected chi connectivity index (χ0v) is 14.7. The van der Waals surface area contributed by atoms with Crippen LogP contribution in [0.15, 0.2) is 28.8 Å².